The molecular formula is C19H13N5O6. The van der Waals surface area contributed by atoms with Crippen molar-refractivity contribution in [3.63, 3.8) is 0 Å². The molecule has 0 radical (unpaired) electrons. The summed E-state index contributed by atoms with van der Waals surface area (Å²) in [6, 6.07) is 14.6. The highest BCUT2D eigenvalue weighted by Gasteiger charge is 2.10. The lowest BCUT2D eigenvalue weighted by Crippen LogP contribution is -2.17. The molecule has 30 heavy (non-hydrogen) atoms. The molecule has 1 N–H and O–H groups in total. The van der Waals surface area contributed by atoms with Gasteiger partial charge in [-0.3, -0.25) is 25.0 Å². The van der Waals surface area contributed by atoms with Crippen molar-refractivity contribution < 1.29 is 19.4 Å². The number of amides is 1. The summed E-state index contributed by atoms with van der Waals surface area (Å²) in [5.41, 5.74) is 2.73. The van der Waals surface area contributed by atoms with Gasteiger partial charge in [0.05, 0.1) is 16.1 Å². The molecule has 150 valence electrons. The van der Waals surface area contributed by atoms with Gasteiger partial charge in [-0.25, -0.2) is 10.4 Å². The molecule has 0 aliphatic rings. The minimum atomic E-state index is -0.587. The number of nitrogens with one attached hydrogen (secondary N) is 1. The van der Waals surface area contributed by atoms with E-state index in [1.807, 2.05) is 0 Å². The van der Waals surface area contributed by atoms with Gasteiger partial charge in [-0.1, -0.05) is 6.07 Å². The van der Waals surface area contributed by atoms with Crippen molar-refractivity contribution in [3.05, 3.63) is 98.2 Å². The highest BCUT2D eigenvalue weighted by Crippen LogP contribution is 2.21. The summed E-state index contributed by atoms with van der Waals surface area (Å²) < 4.78 is 5.50. The van der Waals surface area contributed by atoms with Crippen LogP contribution in [-0.2, 0) is 0 Å². The molecule has 0 bridgehead atoms. The molecule has 0 atom stereocenters. The van der Waals surface area contributed by atoms with Gasteiger partial charge in [0.15, 0.2) is 0 Å². The Morgan fingerprint density at radius 3 is 2.37 bits per heavy atom. The van der Waals surface area contributed by atoms with Crippen molar-refractivity contribution in [2.75, 3.05) is 0 Å². The van der Waals surface area contributed by atoms with E-state index in [1.54, 1.807) is 24.3 Å². The van der Waals surface area contributed by atoms with Crippen molar-refractivity contribution in [2.45, 2.75) is 0 Å². The molecule has 2 aromatic carbocycles. The average molecular weight is 407 g/mol. The van der Waals surface area contributed by atoms with E-state index in [4.69, 9.17) is 4.74 Å². The van der Waals surface area contributed by atoms with Crippen LogP contribution in [0.1, 0.15) is 15.9 Å². The molecule has 11 nitrogen and oxygen atoms in total. The van der Waals surface area contributed by atoms with Gasteiger partial charge >= 0.3 is 0 Å². The van der Waals surface area contributed by atoms with Crippen LogP contribution in [0.25, 0.3) is 0 Å². The van der Waals surface area contributed by atoms with E-state index in [0.29, 0.717) is 11.3 Å². The maximum atomic E-state index is 12.0. The predicted molar refractivity (Wildman–Crippen MR) is 106 cm³/mol. The monoisotopic (exact) mass is 407 g/mol. The molecule has 0 saturated carbocycles. The first-order valence-electron chi connectivity index (χ1n) is 8.38. The molecule has 1 amide bonds. The number of nitro benzene ring substituents is 1. The van der Waals surface area contributed by atoms with Crippen LogP contribution in [0.3, 0.4) is 0 Å². The lowest BCUT2D eigenvalue weighted by Gasteiger charge is -2.04. The van der Waals surface area contributed by atoms with Crippen LogP contribution in [0, 0.1) is 20.2 Å². The van der Waals surface area contributed by atoms with Gasteiger partial charge in [0, 0.05) is 29.8 Å². The van der Waals surface area contributed by atoms with Crippen LogP contribution in [0.2, 0.25) is 0 Å². The summed E-state index contributed by atoms with van der Waals surface area (Å²) in [7, 11) is 0. The van der Waals surface area contributed by atoms with Crippen molar-refractivity contribution in [3.8, 4) is 11.6 Å². The molecule has 1 aromatic heterocycles. The Labute approximate surface area is 168 Å². The van der Waals surface area contributed by atoms with Gasteiger partial charge in [-0.2, -0.15) is 5.10 Å². The smallest absolute Gasteiger partial charge is 0.287 e. The molecule has 0 fully saturated rings. The number of ether oxygens (including phenoxy) is 1. The number of hydrogen-bond acceptors (Lipinski definition) is 8. The van der Waals surface area contributed by atoms with Gasteiger partial charge in [0.1, 0.15) is 11.9 Å². The maximum Gasteiger partial charge on any atom is 0.287 e. The van der Waals surface area contributed by atoms with Crippen LogP contribution in [0.5, 0.6) is 11.6 Å². The number of non-ortho nitro benzene ring substituents is 1. The predicted octanol–water partition coefficient (Wildman–Crippen LogP) is 3.45. The molecule has 0 unspecified atom stereocenters. The standard InChI is InChI=1S/C19H13N5O6/c25-19(14-2-1-3-15(10-14)23(26)27)22-21-11-13-4-7-17(8-5-13)30-18-9-6-16(12-20-18)24(28)29/h1-12H,(H,22,25)/b21-11+. The number of rotatable bonds is 7. The Balaban J connectivity index is 1.58. The molecule has 3 rings (SSSR count). The van der Waals surface area contributed by atoms with Gasteiger partial charge in [0.2, 0.25) is 5.88 Å². The van der Waals surface area contributed by atoms with E-state index in [9.17, 15) is 25.0 Å². The molecule has 1 heterocycles. The van der Waals surface area contributed by atoms with E-state index < -0.39 is 15.8 Å². The summed E-state index contributed by atoms with van der Waals surface area (Å²) in [6.07, 6.45) is 2.49. The molecule has 0 saturated heterocycles. The molecule has 0 aliphatic heterocycles. The Morgan fingerprint density at radius 1 is 1.00 bits per heavy atom. The highest BCUT2D eigenvalue weighted by atomic mass is 16.6. The Kier molecular flexibility index (Phi) is 6.03. The fourth-order valence-corrected chi connectivity index (χ4v) is 2.27. The van der Waals surface area contributed by atoms with Crippen LogP contribution in [0.15, 0.2) is 72.0 Å². The van der Waals surface area contributed by atoms with Gasteiger partial charge in [0.25, 0.3) is 17.3 Å². The second-order valence-corrected chi connectivity index (χ2v) is 5.79. The Hall–Kier alpha value is -4.67. The molecule has 0 aliphatic carbocycles. The van der Waals surface area contributed by atoms with Crippen LogP contribution in [0.4, 0.5) is 11.4 Å². The summed E-state index contributed by atoms with van der Waals surface area (Å²) in [5, 5.41) is 25.2. The third-order valence-electron chi connectivity index (χ3n) is 3.73. The maximum absolute atomic E-state index is 12.0. The summed E-state index contributed by atoms with van der Waals surface area (Å²) in [4.78, 5) is 36.1. The summed E-state index contributed by atoms with van der Waals surface area (Å²) in [6.45, 7) is 0. The minimum absolute atomic E-state index is 0.112. The zero-order valence-corrected chi connectivity index (χ0v) is 15.2. The lowest BCUT2D eigenvalue weighted by molar-refractivity contribution is -0.385. The number of pyridine rings is 1. The van der Waals surface area contributed by atoms with Gasteiger partial charge in [-0.05, 0) is 35.9 Å². The van der Waals surface area contributed by atoms with E-state index in [1.165, 1.54) is 36.5 Å². The fraction of sp³-hybridized carbons (Fsp3) is 0. The second-order valence-electron chi connectivity index (χ2n) is 5.79. The largest absolute Gasteiger partial charge is 0.439 e. The van der Waals surface area contributed by atoms with Crippen molar-refractivity contribution in [2.24, 2.45) is 5.10 Å². The zero-order chi connectivity index (χ0) is 21.5. The van der Waals surface area contributed by atoms with Crippen LogP contribution >= 0.6 is 0 Å². The Bertz CT molecular complexity index is 1110. The number of carbonyl (C=O) groups excluding carboxylic acids is 1. The molecule has 11 heteroatoms. The van der Waals surface area contributed by atoms with Gasteiger partial charge in [-0.15, -0.1) is 0 Å². The number of aromatic nitrogens is 1. The van der Waals surface area contributed by atoms with Crippen LogP contribution in [-0.4, -0.2) is 27.0 Å². The third-order valence-corrected chi connectivity index (χ3v) is 3.73. The number of nitro groups is 2. The first-order valence-corrected chi connectivity index (χ1v) is 8.38. The number of benzene rings is 2. The van der Waals surface area contributed by atoms with E-state index in [-0.39, 0.29) is 22.8 Å². The minimum Gasteiger partial charge on any atom is -0.439 e. The van der Waals surface area contributed by atoms with E-state index in [0.717, 1.165) is 12.3 Å². The normalized spacial score (nSPS) is 10.5. The van der Waals surface area contributed by atoms with E-state index in [2.05, 4.69) is 15.5 Å². The number of carbonyl (C=O) groups is 1. The van der Waals surface area contributed by atoms with Gasteiger partial charge < -0.3 is 4.74 Å². The summed E-state index contributed by atoms with van der Waals surface area (Å²) in [5.74, 6) is 0.0690. The fourth-order valence-electron chi connectivity index (χ4n) is 2.27. The number of hydrogen-bond donors (Lipinski definition) is 1. The summed E-state index contributed by atoms with van der Waals surface area (Å²) >= 11 is 0. The zero-order valence-electron chi connectivity index (χ0n) is 15.2. The Morgan fingerprint density at radius 2 is 1.73 bits per heavy atom. The van der Waals surface area contributed by atoms with E-state index >= 15 is 0 Å². The molecule has 0 spiro atoms. The molecule has 3 aromatic rings. The number of hydrazone groups is 1. The quantitative estimate of drug-likeness (QED) is 0.358. The average Bonchev–Trinajstić information content (AvgIpc) is 2.75. The first kappa shape index (κ1) is 20.1. The van der Waals surface area contributed by atoms with Crippen molar-refractivity contribution in [1.82, 2.24) is 10.4 Å². The second kappa shape index (κ2) is 9.01. The van der Waals surface area contributed by atoms with Crippen molar-refractivity contribution >= 4 is 23.5 Å². The topological polar surface area (TPSA) is 150 Å². The highest BCUT2D eigenvalue weighted by molar-refractivity contribution is 5.95. The third kappa shape index (κ3) is 5.19. The molecular weight excluding hydrogens is 394 g/mol. The number of nitrogens with zero attached hydrogens (tertiary/aromatic N) is 4. The lowest BCUT2D eigenvalue weighted by atomic mass is 10.2. The first-order chi connectivity index (χ1) is 14.4. The van der Waals surface area contributed by atoms with Crippen LogP contribution < -0.4 is 10.2 Å². The SMILES string of the molecule is O=C(N/N=C/c1ccc(Oc2ccc([N+](=O)[O-])cn2)cc1)c1cccc([N+](=O)[O-])c1. The van der Waals surface area contributed by atoms with Crippen molar-refractivity contribution in [1.29, 1.82) is 0 Å².